The summed E-state index contributed by atoms with van der Waals surface area (Å²) in [6.45, 7) is 4.79. The quantitative estimate of drug-likeness (QED) is 0.807. The summed E-state index contributed by atoms with van der Waals surface area (Å²) in [5, 5.41) is 0.304. The Morgan fingerprint density at radius 1 is 1.00 bits per heavy atom. The van der Waals surface area contributed by atoms with E-state index < -0.39 is 0 Å². The van der Waals surface area contributed by atoms with Crippen LogP contribution in [-0.2, 0) is 6.54 Å². The SMILES string of the molecule is Clc1nccc(N2CCN(Cc3ccccn3)CC2)n1. The largest absolute Gasteiger partial charge is 0.354 e. The third-order valence-corrected chi connectivity index (χ3v) is 3.60. The molecule has 5 nitrogen and oxygen atoms in total. The van der Waals surface area contributed by atoms with Crippen LogP contribution < -0.4 is 4.90 Å². The molecule has 0 amide bonds. The molecule has 20 heavy (non-hydrogen) atoms. The van der Waals surface area contributed by atoms with Gasteiger partial charge in [0.2, 0.25) is 5.28 Å². The fraction of sp³-hybridized carbons (Fsp3) is 0.357. The molecule has 2 aromatic rings. The number of halogens is 1. The Bertz CT molecular complexity index is 555. The van der Waals surface area contributed by atoms with Gasteiger partial charge in [0.15, 0.2) is 0 Å². The third-order valence-electron chi connectivity index (χ3n) is 3.42. The Morgan fingerprint density at radius 2 is 1.85 bits per heavy atom. The molecule has 1 aliphatic heterocycles. The zero-order chi connectivity index (χ0) is 13.8. The number of hydrogen-bond donors (Lipinski definition) is 0. The number of hydrogen-bond acceptors (Lipinski definition) is 5. The highest BCUT2D eigenvalue weighted by molar-refractivity contribution is 6.28. The van der Waals surface area contributed by atoms with Crippen LogP contribution in [-0.4, -0.2) is 46.0 Å². The summed E-state index contributed by atoms with van der Waals surface area (Å²) in [5.74, 6) is 0.905. The summed E-state index contributed by atoms with van der Waals surface area (Å²) in [5.41, 5.74) is 1.12. The van der Waals surface area contributed by atoms with Crippen LogP contribution in [0.3, 0.4) is 0 Å². The van der Waals surface area contributed by atoms with Crippen LogP contribution in [0.1, 0.15) is 5.69 Å². The molecule has 0 unspecified atom stereocenters. The average molecular weight is 290 g/mol. The van der Waals surface area contributed by atoms with Crippen LogP contribution in [0.15, 0.2) is 36.7 Å². The van der Waals surface area contributed by atoms with Crippen LogP contribution in [0.25, 0.3) is 0 Å². The van der Waals surface area contributed by atoms with Gasteiger partial charge in [-0.3, -0.25) is 9.88 Å². The van der Waals surface area contributed by atoms with Gasteiger partial charge in [-0.25, -0.2) is 9.97 Å². The first-order valence-corrected chi connectivity index (χ1v) is 7.05. The van der Waals surface area contributed by atoms with Gasteiger partial charge in [-0.05, 0) is 29.8 Å². The van der Waals surface area contributed by atoms with E-state index >= 15 is 0 Å². The van der Waals surface area contributed by atoms with Gasteiger partial charge in [-0.1, -0.05) is 6.07 Å². The van der Waals surface area contributed by atoms with E-state index in [1.807, 2.05) is 24.4 Å². The lowest BCUT2D eigenvalue weighted by Gasteiger charge is -2.35. The first-order chi connectivity index (χ1) is 9.81. The molecule has 0 aromatic carbocycles. The van der Waals surface area contributed by atoms with Gasteiger partial charge in [0, 0.05) is 45.1 Å². The maximum atomic E-state index is 5.83. The van der Waals surface area contributed by atoms with Crippen LogP contribution >= 0.6 is 11.6 Å². The zero-order valence-corrected chi connectivity index (χ0v) is 11.9. The maximum Gasteiger partial charge on any atom is 0.224 e. The Hall–Kier alpha value is -1.72. The van der Waals surface area contributed by atoms with E-state index in [0.717, 1.165) is 44.2 Å². The van der Waals surface area contributed by atoms with E-state index in [4.69, 9.17) is 11.6 Å². The summed E-state index contributed by atoms with van der Waals surface area (Å²) in [6.07, 6.45) is 3.54. The maximum absolute atomic E-state index is 5.83. The first kappa shape index (κ1) is 13.3. The Morgan fingerprint density at radius 3 is 2.55 bits per heavy atom. The topological polar surface area (TPSA) is 45.2 Å². The molecule has 6 heteroatoms. The molecular weight excluding hydrogens is 274 g/mol. The van der Waals surface area contributed by atoms with Crippen LogP contribution in [0.2, 0.25) is 5.28 Å². The van der Waals surface area contributed by atoms with E-state index in [0.29, 0.717) is 5.28 Å². The Labute approximate surface area is 123 Å². The summed E-state index contributed by atoms with van der Waals surface area (Å²) in [7, 11) is 0. The molecule has 0 bridgehead atoms. The lowest BCUT2D eigenvalue weighted by atomic mass is 10.2. The molecular formula is C14H16ClN5. The van der Waals surface area contributed by atoms with Crippen molar-refractivity contribution in [3.8, 4) is 0 Å². The van der Waals surface area contributed by atoms with Crippen molar-refractivity contribution in [2.24, 2.45) is 0 Å². The molecule has 2 aromatic heterocycles. The van der Waals surface area contributed by atoms with Gasteiger partial charge in [0.05, 0.1) is 5.69 Å². The van der Waals surface area contributed by atoms with E-state index in [1.165, 1.54) is 0 Å². The van der Waals surface area contributed by atoms with E-state index in [1.54, 1.807) is 6.20 Å². The number of pyridine rings is 1. The van der Waals surface area contributed by atoms with Crippen molar-refractivity contribution in [3.63, 3.8) is 0 Å². The van der Waals surface area contributed by atoms with Crippen molar-refractivity contribution in [2.75, 3.05) is 31.1 Å². The lowest BCUT2D eigenvalue weighted by molar-refractivity contribution is 0.246. The Balaban J connectivity index is 1.57. The average Bonchev–Trinajstić information content (AvgIpc) is 2.49. The number of rotatable bonds is 3. The summed E-state index contributed by atoms with van der Waals surface area (Å²) in [4.78, 5) is 17.2. The molecule has 0 aliphatic carbocycles. The molecule has 1 aliphatic rings. The molecule has 0 saturated carbocycles. The lowest BCUT2D eigenvalue weighted by Crippen LogP contribution is -2.46. The predicted octanol–water partition coefficient (Wildman–Crippen LogP) is 1.85. The summed E-state index contributed by atoms with van der Waals surface area (Å²) >= 11 is 5.83. The summed E-state index contributed by atoms with van der Waals surface area (Å²) < 4.78 is 0. The molecule has 0 N–H and O–H groups in total. The van der Waals surface area contributed by atoms with Crippen molar-refractivity contribution >= 4 is 17.4 Å². The molecule has 3 rings (SSSR count). The fourth-order valence-electron chi connectivity index (χ4n) is 2.36. The van der Waals surface area contributed by atoms with Crippen molar-refractivity contribution in [3.05, 3.63) is 47.6 Å². The minimum Gasteiger partial charge on any atom is -0.354 e. The molecule has 1 fully saturated rings. The number of piperazine rings is 1. The molecule has 0 spiro atoms. The molecule has 1 saturated heterocycles. The molecule has 3 heterocycles. The van der Waals surface area contributed by atoms with Crippen molar-refractivity contribution in [2.45, 2.75) is 6.54 Å². The highest BCUT2D eigenvalue weighted by Gasteiger charge is 2.18. The Kier molecular flexibility index (Phi) is 4.08. The van der Waals surface area contributed by atoms with E-state index in [2.05, 4.69) is 30.8 Å². The highest BCUT2D eigenvalue weighted by atomic mass is 35.5. The standard InChI is InChI=1S/C14H16ClN5/c15-14-17-6-4-13(18-14)20-9-7-19(8-10-20)11-12-3-1-2-5-16-12/h1-6H,7-11H2. The van der Waals surface area contributed by atoms with Crippen molar-refractivity contribution in [1.29, 1.82) is 0 Å². The second kappa shape index (κ2) is 6.15. The second-order valence-electron chi connectivity index (χ2n) is 4.77. The fourth-order valence-corrected chi connectivity index (χ4v) is 2.50. The minimum atomic E-state index is 0.304. The predicted molar refractivity (Wildman–Crippen MR) is 78.8 cm³/mol. The van der Waals surface area contributed by atoms with Gasteiger partial charge in [0.1, 0.15) is 5.82 Å². The van der Waals surface area contributed by atoms with Gasteiger partial charge in [0.25, 0.3) is 0 Å². The number of aromatic nitrogens is 3. The second-order valence-corrected chi connectivity index (χ2v) is 5.11. The zero-order valence-electron chi connectivity index (χ0n) is 11.1. The summed E-state index contributed by atoms with van der Waals surface area (Å²) in [6, 6.07) is 7.94. The molecule has 0 radical (unpaired) electrons. The number of anilines is 1. The first-order valence-electron chi connectivity index (χ1n) is 6.67. The normalized spacial score (nSPS) is 16.4. The monoisotopic (exact) mass is 289 g/mol. The van der Waals surface area contributed by atoms with Gasteiger partial charge in [-0.15, -0.1) is 0 Å². The van der Waals surface area contributed by atoms with Gasteiger partial charge in [-0.2, -0.15) is 0 Å². The highest BCUT2D eigenvalue weighted by Crippen LogP contribution is 2.15. The van der Waals surface area contributed by atoms with E-state index in [9.17, 15) is 0 Å². The van der Waals surface area contributed by atoms with Crippen molar-refractivity contribution in [1.82, 2.24) is 19.9 Å². The van der Waals surface area contributed by atoms with Crippen molar-refractivity contribution < 1.29 is 0 Å². The van der Waals surface area contributed by atoms with E-state index in [-0.39, 0.29) is 0 Å². The van der Waals surface area contributed by atoms with Crippen LogP contribution in [0, 0.1) is 0 Å². The third kappa shape index (κ3) is 3.23. The molecule has 104 valence electrons. The van der Waals surface area contributed by atoms with Gasteiger partial charge >= 0.3 is 0 Å². The minimum absolute atomic E-state index is 0.304. The van der Waals surface area contributed by atoms with Crippen LogP contribution in [0.5, 0.6) is 0 Å². The molecule has 0 atom stereocenters. The number of nitrogens with zero attached hydrogens (tertiary/aromatic N) is 5. The van der Waals surface area contributed by atoms with Gasteiger partial charge < -0.3 is 4.90 Å². The smallest absolute Gasteiger partial charge is 0.224 e. The van der Waals surface area contributed by atoms with Crippen LogP contribution in [0.4, 0.5) is 5.82 Å².